The summed E-state index contributed by atoms with van der Waals surface area (Å²) >= 11 is 0. The van der Waals surface area contributed by atoms with Crippen molar-refractivity contribution >= 4 is 5.97 Å². The standard InChI is InChI=1S/C16H21NO3/c18-15(19)12-16(17-9-4-1-5-10-17)8-11-20-14-7-3-2-6-13(14)16/h2-3,6-7H,1,4-5,8-12H2,(H,18,19). The number of ether oxygens (including phenoxy) is 1. The molecule has 2 heterocycles. The van der Waals surface area contributed by atoms with E-state index in [0.29, 0.717) is 6.61 Å². The molecule has 0 spiro atoms. The zero-order chi connectivity index (χ0) is 14.0. The average molecular weight is 275 g/mol. The topological polar surface area (TPSA) is 49.8 Å². The van der Waals surface area contributed by atoms with E-state index in [4.69, 9.17) is 4.74 Å². The summed E-state index contributed by atoms with van der Waals surface area (Å²) in [4.78, 5) is 13.8. The Morgan fingerprint density at radius 2 is 2.00 bits per heavy atom. The molecule has 0 amide bonds. The van der Waals surface area contributed by atoms with Crippen molar-refractivity contribution in [2.75, 3.05) is 19.7 Å². The number of nitrogens with zero attached hydrogens (tertiary/aromatic N) is 1. The summed E-state index contributed by atoms with van der Waals surface area (Å²) in [5, 5.41) is 9.42. The normalized spacial score (nSPS) is 26.6. The lowest BCUT2D eigenvalue weighted by atomic mass is 9.79. The van der Waals surface area contributed by atoms with E-state index in [0.717, 1.165) is 43.7 Å². The fourth-order valence-electron chi connectivity index (χ4n) is 3.64. The molecule has 0 bridgehead atoms. The van der Waals surface area contributed by atoms with E-state index >= 15 is 0 Å². The van der Waals surface area contributed by atoms with Crippen molar-refractivity contribution in [1.29, 1.82) is 0 Å². The number of hydrogen-bond donors (Lipinski definition) is 1. The molecular formula is C16H21NO3. The van der Waals surface area contributed by atoms with Crippen LogP contribution in [0.25, 0.3) is 0 Å². The number of carboxylic acid groups (broad SMARTS) is 1. The van der Waals surface area contributed by atoms with Crippen LogP contribution >= 0.6 is 0 Å². The summed E-state index contributed by atoms with van der Waals surface area (Å²) in [6.45, 7) is 2.57. The van der Waals surface area contributed by atoms with E-state index in [1.54, 1.807) is 0 Å². The molecule has 1 fully saturated rings. The average Bonchev–Trinajstić information content (AvgIpc) is 2.48. The van der Waals surface area contributed by atoms with E-state index in [9.17, 15) is 9.90 Å². The fourth-order valence-corrected chi connectivity index (χ4v) is 3.64. The molecule has 4 heteroatoms. The first-order valence-corrected chi connectivity index (χ1v) is 7.41. The van der Waals surface area contributed by atoms with Crippen LogP contribution in [0.1, 0.15) is 37.7 Å². The molecule has 0 aliphatic carbocycles. The van der Waals surface area contributed by atoms with Crippen molar-refractivity contribution < 1.29 is 14.6 Å². The highest BCUT2D eigenvalue weighted by Crippen LogP contribution is 2.44. The van der Waals surface area contributed by atoms with E-state index in [1.807, 2.05) is 24.3 Å². The quantitative estimate of drug-likeness (QED) is 0.921. The summed E-state index contributed by atoms with van der Waals surface area (Å²) in [5.41, 5.74) is 0.664. The molecule has 2 aliphatic heterocycles. The monoisotopic (exact) mass is 275 g/mol. The van der Waals surface area contributed by atoms with Crippen LogP contribution in [-0.4, -0.2) is 35.7 Å². The van der Waals surface area contributed by atoms with Crippen LogP contribution in [0.3, 0.4) is 0 Å². The van der Waals surface area contributed by atoms with Gasteiger partial charge in [0.25, 0.3) is 0 Å². The Morgan fingerprint density at radius 3 is 2.75 bits per heavy atom. The van der Waals surface area contributed by atoms with Crippen molar-refractivity contribution in [3.63, 3.8) is 0 Å². The Labute approximate surface area is 119 Å². The van der Waals surface area contributed by atoms with Gasteiger partial charge in [-0.25, -0.2) is 0 Å². The van der Waals surface area contributed by atoms with Crippen molar-refractivity contribution in [3.05, 3.63) is 29.8 Å². The minimum atomic E-state index is -0.729. The van der Waals surface area contributed by atoms with Gasteiger partial charge < -0.3 is 9.84 Å². The Hall–Kier alpha value is -1.55. The van der Waals surface area contributed by atoms with Gasteiger partial charge in [0, 0.05) is 12.0 Å². The minimum absolute atomic E-state index is 0.160. The van der Waals surface area contributed by atoms with Crippen LogP contribution in [0.15, 0.2) is 24.3 Å². The van der Waals surface area contributed by atoms with Crippen molar-refractivity contribution in [1.82, 2.24) is 4.90 Å². The van der Waals surface area contributed by atoms with Gasteiger partial charge in [0.05, 0.1) is 18.6 Å². The lowest BCUT2D eigenvalue weighted by Crippen LogP contribution is -2.52. The minimum Gasteiger partial charge on any atom is -0.493 e. The van der Waals surface area contributed by atoms with Crippen molar-refractivity contribution in [3.8, 4) is 5.75 Å². The first-order valence-electron chi connectivity index (χ1n) is 7.41. The molecule has 0 aromatic heterocycles. The molecule has 1 saturated heterocycles. The van der Waals surface area contributed by atoms with Crippen LogP contribution in [0.5, 0.6) is 5.75 Å². The van der Waals surface area contributed by atoms with Gasteiger partial charge in [0.2, 0.25) is 0 Å². The van der Waals surface area contributed by atoms with Gasteiger partial charge in [-0.3, -0.25) is 9.69 Å². The number of hydrogen-bond acceptors (Lipinski definition) is 3. The maximum Gasteiger partial charge on any atom is 0.305 e. The number of rotatable bonds is 3. The summed E-state index contributed by atoms with van der Waals surface area (Å²) in [6.07, 6.45) is 4.48. The molecule has 1 atom stereocenters. The van der Waals surface area contributed by atoms with Crippen molar-refractivity contribution in [2.24, 2.45) is 0 Å². The number of aliphatic carboxylic acids is 1. The summed E-state index contributed by atoms with van der Waals surface area (Å²) in [5.74, 6) is 0.123. The second-order valence-electron chi connectivity index (χ2n) is 5.74. The van der Waals surface area contributed by atoms with Gasteiger partial charge in [-0.05, 0) is 32.0 Å². The fraction of sp³-hybridized carbons (Fsp3) is 0.562. The Kier molecular flexibility index (Phi) is 3.66. The van der Waals surface area contributed by atoms with Crippen LogP contribution in [0.2, 0.25) is 0 Å². The van der Waals surface area contributed by atoms with Crippen LogP contribution in [0, 0.1) is 0 Å². The van der Waals surface area contributed by atoms with Gasteiger partial charge in [-0.2, -0.15) is 0 Å². The number of likely N-dealkylation sites (tertiary alicyclic amines) is 1. The number of carboxylic acids is 1. The Balaban J connectivity index is 2.04. The van der Waals surface area contributed by atoms with Gasteiger partial charge >= 0.3 is 5.97 Å². The highest BCUT2D eigenvalue weighted by atomic mass is 16.5. The van der Waals surface area contributed by atoms with Gasteiger partial charge in [-0.15, -0.1) is 0 Å². The van der Waals surface area contributed by atoms with Crippen LogP contribution < -0.4 is 4.74 Å². The highest BCUT2D eigenvalue weighted by Gasteiger charge is 2.44. The van der Waals surface area contributed by atoms with Gasteiger partial charge in [0.15, 0.2) is 0 Å². The van der Waals surface area contributed by atoms with E-state index in [2.05, 4.69) is 4.90 Å². The van der Waals surface area contributed by atoms with E-state index in [1.165, 1.54) is 6.42 Å². The number of carbonyl (C=O) groups is 1. The van der Waals surface area contributed by atoms with Crippen LogP contribution in [0.4, 0.5) is 0 Å². The molecule has 2 aliphatic rings. The second kappa shape index (κ2) is 5.44. The molecule has 1 aromatic carbocycles. The number of para-hydroxylation sites is 1. The second-order valence-corrected chi connectivity index (χ2v) is 5.74. The third-order valence-corrected chi connectivity index (χ3v) is 4.57. The van der Waals surface area contributed by atoms with E-state index in [-0.39, 0.29) is 12.0 Å². The molecular weight excluding hydrogens is 254 g/mol. The molecule has 1 unspecified atom stereocenters. The number of piperidine rings is 1. The molecule has 108 valence electrons. The highest BCUT2D eigenvalue weighted by molar-refractivity contribution is 5.69. The zero-order valence-corrected chi connectivity index (χ0v) is 11.7. The molecule has 0 radical (unpaired) electrons. The first-order chi connectivity index (χ1) is 9.72. The molecule has 1 aromatic rings. The molecule has 4 nitrogen and oxygen atoms in total. The molecule has 1 N–H and O–H groups in total. The Morgan fingerprint density at radius 1 is 1.25 bits per heavy atom. The predicted octanol–water partition coefficient (Wildman–Crippen LogP) is 2.63. The summed E-state index contributed by atoms with van der Waals surface area (Å²) in [6, 6.07) is 7.92. The largest absolute Gasteiger partial charge is 0.493 e. The third-order valence-electron chi connectivity index (χ3n) is 4.57. The third kappa shape index (κ3) is 2.29. The number of benzene rings is 1. The zero-order valence-electron chi connectivity index (χ0n) is 11.7. The molecule has 3 rings (SSSR count). The number of fused-ring (bicyclic) bond motifs is 1. The Bertz CT molecular complexity index is 496. The summed E-state index contributed by atoms with van der Waals surface area (Å²) in [7, 11) is 0. The maximum atomic E-state index is 11.5. The van der Waals surface area contributed by atoms with Gasteiger partial charge in [0.1, 0.15) is 5.75 Å². The lowest BCUT2D eigenvalue weighted by molar-refractivity contribution is -0.142. The van der Waals surface area contributed by atoms with Crippen LogP contribution in [-0.2, 0) is 10.3 Å². The smallest absolute Gasteiger partial charge is 0.305 e. The van der Waals surface area contributed by atoms with Gasteiger partial charge in [-0.1, -0.05) is 24.6 Å². The first kappa shape index (κ1) is 13.4. The maximum absolute atomic E-state index is 11.5. The lowest BCUT2D eigenvalue weighted by Gasteiger charge is -2.48. The van der Waals surface area contributed by atoms with Crippen molar-refractivity contribution in [2.45, 2.75) is 37.6 Å². The van der Waals surface area contributed by atoms with E-state index < -0.39 is 5.97 Å². The molecule has 20 heavy (non-hydrogen) atoms. The molecule has 0 saturated carbocycles. The predicted molar refractivity (Wildman–Crippen MR) is 75.9 cm³/mol. The SMILES string of the molecule is O=C(O)CC1(N2CCCCC2)CCOc2ccccc21. The summed E-state index contributed by atoms with van der Waals surface area (Å²) < 4.78 is 5.73.